The largest absolute Gasteiger partial charge is 0.476 e. The van der Waals surface area contributed by atoms with Gasteiger partial charge in [0.2, 0.25) is 5.91 Å². The van der Waals surface area contributed by atoms with Crippen molar-refractivity contribution in [1.29, 1.82) is 0 Å². The Hall–Kier alpha value is -2.34. The summed E-state index contributed by atoms with van der Waals surface area (Å²) in [5.74, 6) is -1.47. The first-order chi connectivity index (χ1) is 9.06. The van der Waals surface area contributed by atoms with Gasteiger partial charge in [0.05, 0.1) is 10.7 Å². The van der Waals surface area contributed by atoms with E-state index in [-0.39, 0.29) is 18.1 Å². The van der Waals surface area contributed by atoms with Gasteiger partial charge in [-0.3, -0.25) is 9.48 Å². The molecule has 0 radical (unpaired) electrons. The fourth-order valence-electron chi connectivity index (χ4n) is 1.46. The molecule has 1 aromatic carbocycles. The van der Waals surface area contributed by atoms with E-state index in [9.17, 15) is 9.59 Å². The molecule has 98 valence electrons. The van der Waals surface area contributed by atoms with E-state index in [2.05, 4.69) is 10.4 Å². The van der Waals surface area contributed by atoms with E-state index >= 15 is 0 Å². The first-order valence-electron chi connectivity index (χ1n) is 5.37. The maximum absolute atomic E-state index is 11.7. The Kier molecular flexibility index (Phi) is 3.82. The Morgan fingerprint density at radius 1 is 1.32 bits per heavy atom. The average molecular weight is 280 g/mol. The number of nitrogens with zero attached hydrogens (tertiary/aromatic N) is 2. The minimum Gasteiger partial charge on any atom is -0.476 e. The number of carbonyl (C=O) groups excluding carboxylic acids is 1. The van der Waals surface area contributed by atoms with Gasteiger partial charge in [0.1, 0.15) is 6.54 Å². The van der Waals surface area contributed by atoms with E-state index in [4.69, 9.17) is 16.7 Å². The van der Waals surface area contributed by atoms with E-state index in [0.29, 0.717) is 10.7 Å². The number of carboxylic acid groups (broad SMARTS) is 1. The summed E-state index contributed by atoms with van der Waals surface area (Å²) in [4.78, 5) is 22.4. The van der Waals surface area contributed by atoms with E-state index in [1.807, 2.05) is 0 Å². The first kappa shape index (κ1) is 13.1. The zero-order valence-corrected chi connectivity index (χ0v) is 10.5. The van der Waals surface area contributed by atoms with Gasteiger partial charge >= 0.3 is 5.97 Å². The van der Waals surface area contributed by atoms with Gasteiger partial charge in [-0.2, -0.15) is 5.10 Å². The number of carbonyl (C=O) groups is 2. The fourth-order valence-corrected chi connectivity index (χ4v) is 1.65. The van der Waals surface area contributed by atoms with E-state index in [0.717, 1.165) is 0 Å². The van der Waals surface area contributed by atoms with Gasteiger partial charge in [0.15, 0.2) is 5.69 Å². The van der Waals surface area contributed by atoms with Crippen molar-refractivity contribution in [3.63, 3.8) is 0 Å². The van der Waals surface area contributed by atoms with Crippen LogP contribution in [0.5, 0.6) is 0 Å². The Morgan fingerprint density at radius 2 is 2.05 bits per heavy atom. The van der Waals surface area contributed by atoms with Crippen LogP contribution in [0.2, 0.25) is 5.02 Å². The smallest absolute Gasteiger partial charge is 0.356 e. The van der Waals surface area contributed by atoms with Crippen molar-refractivity contribution in [3.8, 4) is 0 Å². The molecule has 0 spiro atoms. The lowest BCUT2D eigenvalue weighted by molar-refractivity contribution is -0.116. The van der Waals surface area contributed by atoms with Crippen molar-refractivity contribution in [1.82, 2.24) is 9.78 Å². The van der Waals surface area contributed by atoms with Gasteiger partial charge in [-0.15, -0.1) is 0 Å². The third kappa shape index (κ3) is 3.32. The summed E-state index contributed by atoms with van der Waals surface area (Å²) < 4.78 is 1.25. The molecule has 1 heterocycles. The van der Waals surface area contributed by atoms with Crippen LogP contribution < -0.4 is 5.32 Å². The van der Waals surface area contributed by atoms with E-state index in [1.54, 1.807) is 24.3 Å². The van der Waals surface area contributed by atoms with Gasteiger partial charge in [0.25, 0.3) is 0 Å². The Balaban J connectivity index is 2.01. The van der Waals surface area contributed by atoms with Crippen molar-refractivity contribution in [2.45, 2.75) is 6.54 Å². The summed E-state index contributed by atoms with van der Waals surface area (Å²) in [6, 6.07) is 8.16. The molecule has 0 saturated heterocycles. The lowest BCUT2D eigenvalue weighted by Crippen LogP contribution is -2.19. The van der Waals surface area contributed by atoms with Crippen LogP contribution in [-0.2, 0) is 11.3 Å². The highest BCUT2D eigenvalue weighted by Crippen LogP contribution is 2.20. The number of hydrogen-bond donors (Lipinski definition) is 2. The second kappa shape index (κ2) is 5.53. The molecular weight excluding hydrogens is 270 g/mol. The summed E-state index contributed by atoms with van der Waals surface area (Å²) in [5.41, 5.74) is 0.394. The Labute approximate surface area is 113 Å². The number of carboxylic acids is 1. The number of nitrogens with one attached hydrogen (secondary N) is 1. The normalized spacial score (nSPS) is 10.2. The van der Waals surface area contributed by atoms with E-state index < -0.39 is 5.97 Å². The SMILES string of the molecule is O=C(Cn1ccc(C(=O)O)n1)Nc1ccccc1Cl. The molecule has 2 N–H and O–H groups in total. The molecule has 0 atom stereocenters. The summed E-state index contributed by atoms with van der Waals surface area (Å²) in [5, 5.41) is 15.5. The number of aromatic carboxylic acids is 1. The summed E-state index contributed by atoms with van der Waals surface area (Å²) in [7, 11) is 0. The number of amides is 1. The topological polar surface area (TPSA) is 84.2 Å². The zero-order valence-electron chi connectivity index (χ0n) is 9.71. The summed E-state index contributed by atoms with van der Waals surface area (Å²) in [6.07, 6.45) is 1.43. The molecule has 0 unspecified atom stereocenters. The van der Waals surface area contributed by atoms with Crippen molar-refractivity contribution in [3.05, 3.63) is 47.2 Å². The summed E-state index contributed by atoms with van der Waals surface area (Å²) in [6.45, 7) is -0.0848. The van der Waals surface area contributed by atoms with Crippen LogP contribution in [0.15, 0.2) is 36.5 Å². The van der Waals surface area contributed by atoms with Crippen LogP contribution in [-0.4, -0.2) is 26.8 Å². The monoisotopic (exact) mass is 279 g/mol. The maximum Gasteiger partial charge on any atom is 0.356 e. The van der Waals surface area contributed by atoms with Crippen LogP contribution in [0.25, 0.3) is 0 Å². The molecule has 2 rings (SSSR count). The van der Waals surface area contributed by atoms with Crippen LogP contribution in [0.1, 0.15) is 10.5 Å². The zero-order chi connectivity index (χ0) is 13.8. The minimum atomic E-state index is -1.13. The molecule has 0 aliphatic carbocycles. The molecule has 1 aromatic heterocycles. The number of benzene rings is 1. The van der Waals surface area contributed by atoms with Gasteiger partial charge < -0.3 is 10.4 Å². The maximum atomic E-state index is 11.7. The summed E-state index contributed by atoms with van der Waals surface area (Å²) >= 11 is 5.90. The number of hydrogen-bond acceptors (Lipinski definition) is 3. The van der Waals surface area contributed by atoms with Gasteiger partial charge in [0, 0.05) is 6.20 Å². The minimum absolute atomic E-state index is 0.0848. The van der Waals surface area contributed by atoms with E-state index in [1.165, 1.54) is 16.9 Å². The number of anilines is 1. The van der Waals surface area contributed by atoms with Crippen molar-refractivity contribution in [2.75, 3.05) is 5.32 Å². The molecule has 0 aliphatic heterocycles. The average Bonchev–Trinajstić information content (AvgIpc) is 2.80. The van der Waals surface area contributed by atoms with Crippen molar-refractivity contribution >= 4 is 29.2 Å². The highest BCUT2D eigenvalue weighted by Gasteiger charge is 2.10. The Morgan fingerprint density at radius 3 is 2.68 bits per heavy atom. The molecule has 0 bridgehead atoms. The van der Waals surface area contributed by atoms with Crippen LogP contribution in [0.4, 0.5) is 5.69 Å². The predicted molar refractivity (Wildman–Crippen MR) is 69.3 cm³/mol. The van der Waals surface area contributed by atoms with Crippen LogP contribution in [0, 0.1) is 0 Å². The second-order valence-electron chi connectivity index (χ2n) is 3.73. The van der Waals surface area contributed by atoms with Crippen molar-refractivity contribution < 1.29 is 14.7 Å². The molecule has 6 nitrogen and oxygen atoms in total. The van der Waals surface area contributed by atoms with Gasteiger partial charge in [-0.05, 0) is 18.2 Å². The third-order valence-electron chi connectivity index (χ3n) is 2.31. The van der Waals surface area contributed by atoms with Crippen LogP contribution >= 0.6 is 11.6 Å². The lowest BCUT2D eigenvalue weighted by Gasteiger charge is -2.06. The molecule has 19 heavy (non-hydrogen) atoms. The third-order valence-corrected chi connectivity index (χ3v) is 2.64. The highest BCUT2D eigenvalue weighted by molar-refractivity contribution is 6.33. The molecule has 0 fully saturated rings. The Bertz CT molecular complexity index is 624. The highest BCUT2D eigenvalue weighted by atomic mass is 35.5. The lowest BCUT2D eigenvalue weighted by atomic mass is 10.3. The number of para-hydroxylation sites is 1. The van der Waals surface area contributed by atoms with Gasteiger partial charge in [-0.1, -0.05) is 23.7 Å². The molecule has 0 saturated carbocycles. The second-order valence-corrected chi connectivity index (χ2v) is 4.14. The quantitative estimate of drug-likeness (QED) is 0.895. The van der Waals surface area contributed by atoms with Crippen molar-refractivity contribution in [2.24, 2.45) is 0 Å². The molecule has 2 aromatic rings. The molecule has 0 aliphatic rings. The van der Waals surface area contributed by atoms with Crippen LogP contribution in [0.3, 0.4) is 0 Å². The fraction of sp³-hybridized carbons (Fsp3) is 0.0833. The number of aromatic nitrogens is 2. The first-order valence-corrected chi connectivity index (χ1v) is 5.75. The molecular formula is C12H10ClN3O3. The number of rotatable bonds is 4. The number of halogens is 1. The molecule has 1 amide bonds. The predicted octanol–water partition coefficient (Wildman–Crippen LogP) is 1.87. The molecule has 7 heteroatoms. The van der Waals surface area contributed by atoms with Gasteiger partial charge in [-0.25, -0.2) is 4.79 Å². The standard InChI is InChI=1S/C12H10ClN3O3/c13-8-3-1-2-4-9(8)14-11(17)7-16-6-5-10(15-16)12(18)19/h1-6H,7H2,(H,14,17)(H,18,19).